The minimum Gasteiger partial charge on any atom is -0.298 e. The zero-order valence-electron chi connectivity index (χ0n) is 7.39. The fourth-order valence-corrected chi connectivity index (χ4v) is 1.14. The minimum absolute atomic E-state index is 0.0780. The first-order valence-electron chi connectivity index (χ1n) is 3.81. The van der Waals surface area contributed by atoms with E-state index < -0.39 is 4.92 Å². The van der Waals surface area contributed by atoms with E-state index in [1.807, 2.05) is 0 Å². The molecule has 5 nitrogen and oxygen atoms in total. The maximum absolute atomic E-state index is 11.0. The van der Waals surface area contributed by atoms with Gasteiger partial charge in [0, 0.05) is 11.6 Å². The second-order valence-corrected chi connectivity index (χ2v) is 2.67. The first-order valence-corrected chi connectivity index (χ1v) is 3.81. The molecule has 1 aromatic carbocycles. The van der Waals surface area contributed by atoms with Crippen molar-refractivity contribution >= 4 is 17.8 Å². The van der Waals surface area contributed by atoms with Crippen LogP contribution in [0.5, 0.6) is 0 Å². The van der Waals surface area contributed by atoms with Gasteiger partial charge in [-0.1, -0.05) is 12.1 Å². The lowest BCUT2D eigenvalue weighted by Crippen LogP contribution is -2.02. The van der Waals surface area contributed by atoms with E-state index in [2.05, 4.69) is 0 Å². The van der Waals surface area contributed by atoms with Gasteiger partial charge in [0.1, 0.15) is 5.56 Å². The van der Waals surface area contributed by atoms with Gasteiger partial charge in [-0.05, 0) is 6.92 Å². The van der Waals surface area contributed by atoms with E-state index in [9.17, 15) is 19.7 Å². The molecule has 0 unspecified atom stereocenters. The summed E-state index contributed by atoms with van der Waals surface area (Å²) in [5, 5.41) is 10.5. The first-order chi connectivity index (χ1) is 6.57. The van der Waals surface area contributed by atoms with Crippen molar-refractivity contribution in [1.82, 2.24) is 0 Å². The van der Waals surface area contributed by atoms with Crippen LogP contribution in [0.15, 0.2) is 18.2 Å². The lowest BCUT2D eigenvalue weighted by molar-refractivity contribution is -0.385. The summed E-state index contributed by atoms with van der Waals surface area (Å²) in [4.78, 5) is 31.4. The molecule has 0 N–H and O–H groups in total. The van der Waals surface area contributed by atoms with Crippen LogP contribution in [-0.2, 0) is 0 Å². The molecule has 72 valence electrons. The number of hydrogen-bond acceptors (Lipinski definition) is 4. The van der Waals surface area contributed by atoms with E-state index in [-0.39, 0.29) is 22.6 Å². The Morgan fingerprint density at radius 3 is 2.57 bits per heavy atom. The van der Waals surface area contributed by atoms with Crippen LogP contribution < -0.4 is 0 Å². The zero-order chi connectivity index (χ0) is 10.7. The topological polar surface area (TPSA) is 77.3 Å². The van der Waals surface area contributed by atoms with E-state index >= 15 is 0 Å². The molecule has 0 atom stereocenters. The molecule has 0 saturated carbocycles. The van der Waals surface area contributed by atoms with Crippen molar-refractivity contribution in [3.05, 3.63) is 39.4 Å². The number of ketones is 1. The number of rotatable bonds is 3. The van der Waals surface area contributed by atoms with Gasteiger partial charge in [-0.3, -0.25) is 19.7 Å². The Bertz CT molecular complexity index is 379. The Morgan fingerprint density at radius 2 is 2.14 bits per heavy atom. The monoisotopic (exact) mass is 193 g/mol. The van der Waals surface area contributed by atoms with E-state index in [0.29, 0.717) is 6.29 Å². The SMILES string of the molecule is CC(=O)c1cccc([N+](=O)[O-])c1C=O. The third-order valence-corrected chi connectivity index (χ3v) is 1.78. The van der Waals surface area contributed by atoms with Crippen LogP contribution >= 0.6 is 0 Å². The number of carbonyl (C=O) groups is 2. The second-order valence-electron chi connectivity index (χ2n) is 2.67. The second kappa shape index (κ2) is 3.78. The van der Waals surface area contributed by atoms with Crippen LogP contribution in [0.3, 0.4) is 0 Å². The highest BCUT2D eigenvalue weighted by Gasteiger charge is 2.18. The highest BCUT2D eigenvalue weighted by atomic mass is 16.6. The van der Waals surface area contributed by atoms with Crippen molar-refractivity contribution in [3.63, 3.8) is 0 Å². The maximum atomic E-state index is 11.0. The summed E-state index contributed by atoms with van der Waals surface area (Å²) < 4.78 is 0. The molecule has 0 bridgehead atoms. The van der Waals surface area contributed by atoms with Crippen LogP contribution in [0.25, 0.3) is 0 Å². The lowest BCUT2D eigenvalue weighted by Gasteiger charge is -2.00. The molecule has 0 aromatic heterocycles. The van der Waals surface area contributed by atoms with Gasteiger partial charge in [-0.2, -0.15) is 0 Å². The third-order valence-electron chi connectivity index (χ3n) is 1.78. The third kappa shape index (κ3) is 1.66. The number of carbonyl (C=O) groups excluding carboxylic acids is 2. The molecule has 1 rings (SSSR count). The molecule has 14 heavy (non-hydrogen) atoms. The zero-order valence-corrected chi connectivity index (χ0v) is 7.39. The molecule has 0 spiro atoms. The lowest BCUT2D eigenvalue weighted by atomic mass is 10.0. The molecule has 5 heteroatoms. The highest BCUT2D eigenvalue weighted by Crippen LogP contribution is 2.20. The molecule has 0 aliphatic heterocycles. The fraction of sp³-hybridized carbons (Fsp3) is 0.111. The van der Waals surface area contributed by atoms with Gasteiger partial charge in [0.05, 0.1) is 4.92 Å². The minimum atomic E-state index is -0.684. The largest absolute Gasteiger partial charge is 0.298 e. The van der Waals surface area contributed by atoms with Crippen molar-refractivity contribution < 1.29 is 14.5 Å². The Hall–Kier alpha value is -2.04. The molecule has 1 aromatic rings. The molecular weight excluding hydrogens is 186 g/mol. The smallest absolute Gasteiger partial charge is 0.280 e. The molecule has 0 aliphatic carbocycles. The Balaban J connectivity index is 3.47. The van der Waals surface area contributed by atoms with Crippen LogP contribution in [0.1, 0.15) is 27.6 Å². The summed E-state index contributed by atoms with van der Waals surface area (Å²) in [6.07, 6.45) is 0.328. The van der Waals surface area contributed by atoms with Crippen molar-refractivity contribution in [3.8, 4) is 0 Å². The van der Waals surface area contributed by atoms with Crippen molar-refractivity contribution in [2.24, 2.45) is 0 Å². The van der Waals surface area contributed by atoms with Crippen LogP contribution in [-0.4, -0.2) is 17.0 Å². The molecule has 0 amide bonds. The van der Waals surface area contributed by atoms with Gasteiger partial charge in [-0.15, -0.1) is 0 Å². The number of aldehydes is 1. The van der Waals surface area contributed by atoms with Gasteiger partial charge in [0.2, 0.25) is 0 Å². The Kier molecular flexibility index (Phi) is 2.71. The van der Waals surface area contributed by atoms with Crippen molar-refractivity contribution in [2.45, 2.75) is 6.92 Å². The summed E-state index contributed by atoms with van der Waals surface area (Å²) in [5.74, 6) is -0.365. The fourth-order valence-electron chi connectivity index (χ4n) is 1.14. The van der Waals surface area contributed by atoms with Gasteiger partial charge in [0.25, 0.3) is 5.69 Å². The predicted octanol–water partition coefficient (Wildman–Crippen LogP) is 1.61. The van der Waals surface area contributed by atoms with Crippen molar-refractivity contribution in [1.29, 1.82) is 0 Å². The summed E-state index contributed by atoms with van der Waals surface area (Å²) in [5.41, 5.74) is -0.424. The summed E-state index contributed by atoms with van der Waals surface area (Å²) >= 11 is 0. The molecule has 0 fully saturated rings. The van der Waals surface area contributed by atoms with E-state index in [1.54, 1.807) is 0 Å². The molecular formula is C9H7NO4. The average Bonchev–Trinajstić information content (AvgIpc) is 2.16. The average molecular weight is 193 g/mol. The van der Waals surface area contributed by atoms with Gasteiger partial charge >= 0.3 is 0 Å². The van der Waals surface area contributed by atoms with Crippen LogP contribution in [0, 0.1) is 10.1 Å². The number of nitrogens with zero attached hydrogens (tertiary/aromatic N) is 1. The molecule has 0 aliphatic rings. The molecule has 0 saturated heterocycles. The van der Waals surface area contributed by atoms with Gasteiger partial charge < -0.3 is 0 Å². The van der Waals surface area contributed by atoms with Crippen molar-refractivity contribution in [2.75, 3.05) is 0 Å². The highest BCUT2D eigenvalue weighted by molar-refractivity contribution is 6.03. The van der Waals surface area contributed by atoms with Crippen LogP contribution in [0.2, 0.25) is 0 Å². The first kappa shape index (κ1) is 10.0. The number of hydrogen-bond donors (Lipinski definition) is 0. The predicted molar refractivity (Wildman–Crippen MR) is 48.5 cm³/mol. The maximum Gasteiger partial charge on any atom is 0.280 e. The Labute approximate surface area is 79.5 Å². The molecule has 0 radical (unpaired) electrons. The number of nitro groups is 1. The summed E-state index contributed by atoms with van der Waals surface area (Å²) in [6.45, 7) is 1.26. The number of benzene rings is 1. The normalized spacial score (nSPS) is 9.50. The van der Waals surface area contributed by atoms with E-state index in [0.717, 1.165) is 0 Å². The van der Waals surface area contributed by atoms with Gasteiger partial charge in [0.15, 0.2) is 12.1 Å². The molecule has 0 heterocycles. The summed E-state index contributed by atoms with van der Waals surface area (Å²) in [6, 6.07) is 3.96. The standard InChI is InChI=1S/C9H7NO4/c1-6(12)7-3-2-4-9(10(13)14)8(7)5-11/h2-5H,1H3. The van der Waals surface area contributed by atoms with E-state index in [1.165, 1.54) is 25.1 Å². The number of Topliss-reactive ketones (excluding diaryl/α,β-unsaturated/α-hetero) is 1. The van der Waals surface area contributed by atoms with Gasteiger partial charge in [-0.25, -0.2) is 0 Å². The van der Waals surface area contributed by atoms with Crippen LogP contribution in [0.4, 0.5) is 5.69 Å². The Morgan fingerprint density at radius 1 is 1.50 bits per heavy atom. The number of nitro benzene ring substituents is 1. The quantitative estimate of drug-likeness (QED) is 0.316. The van der Waals surface area contributed by atoms with E-state index in [4.69, 9.17) is 0 Å². The summed E-state index contributed by atoms with van der Waals surface area (Å²) in [7, 11) is 0.